The van der Waals surface area contributed by atoms with Crippen LogP contribution in [-0.2, 0) is 20.1 Å². The monoisotopic (exact) mass is 340 g/mol. The third kappa shape index (κ3) is 11.1. The first-order valence-electron chi connectivity index (χ1n) is 7.01. The van der Waals surface area contributed by atoms with Crippen molar-refractivity contribution < 1.29 is 17.7 Å². The summed E-state index contributed by atoms with van der Waals surface area (Å²) in [5.74, 6) is 0.906. The molecule has 0 rings (SSSR count). The summed E-state index contributed by atoms with van der Waals surface area (Å²) in [6.45, 7) is 8.79. The highest BCUT2D eigenvalue weighted by molar-refractivity contribution is 7.94. The summed E-state index contributed by atoms with van der Waals surface area (Å²) in [5.41, 5.74) is 5.58. The predicted molar refractivity (Wildman–Crippen MR) is 88.3 cm³/mol. The summed E-state index contributed by atoms with van der Waals surface area (Å²) in [6.07, 6.45) is 0.633. The Labute approximate surface area is 134 Å². The molecule has 21 heavy (non-hydrogen) atoms. The summed E-state index contributed by atoms with van der Waals surface area (Å²) in [4.78, 5) is 11.8. The van der Waals surface area contributed by atoms with Crippen LogP contribution in [-0.4, -0.2) is 45.4 Å². The molecule has 0 aliphatic carbocycles. The van der Waals surface area contributed by atoms with E-state index in [1.54, 1.807) is 0 Å². The van der Waals surface area contributed by atoms with Gasteiger partial charge in [-0.1, -0.05) is 27.7 Å². The number of carbonyl (C=O) groups excluding carboxylic acids is 1. The number of nitrogens with one attached hydrogen (secondary N) is 1. The van der Waals surface area contributed by atoms with Gasteiger partial charge in [0, 0.05) is 17.7 Å². The summed E-state index contributed by atoms with van der Waals surface area (Å²) in [5, 5.41) is 2.84. The highest BCUT2D eigenvalue weighted by Crippen LogP contribution is 2.18. The van der Waals surface area contributed by atoms with E-state index in [9.17, 15) is 9.00 Å². The van der Waals surface area contributed by atoms with E-state index in [0.29, 0.717) is 25.3 Å². The molecule has 0 bridgehead atoms. The van der Waals surface area contributed by atoms with Crippen LogP contribution in [0, 0.1) is 11.3 Å². The Balaban J connectivity index is 3.83. The highest BCUT2D eigenvalue weighted by Gasteiger charge is 2.23. The summed E-state index contributed by atoms with van der Waals surface area (Å²) in [6, 6.07) is -0.490. The Morgan fingerprint density at radius 2 is 2.10 bits per heavy atom. The van der Waals surface area contributed by atoms with Gasteiger partial charge in [0.25, 0.3) is 0 Å². The Bertz CT molecular complexity index is 338. The smallest absolute Gasteiger partial charge is 0.237 e. The Hall–Kier alpha value is -0.150. The largest absolute Gasteiger partial charge is 0.354 e. The predicted octanol–water partition coefficient (Wildman–Crippen LogP) is 1.39. The first kappa shape index (κ1) is 20.9. The maximum absolute atomic E-state index is 11.8. The summed E-state index contributed by atoms with van der Waals surface area (Å²) < 4.78 is 24.5. The number of nitrogens with two attached hydrogens (primary N) is 1. The molecule has 0 spiro atoms. The number of hydrogen-bond acceptors (Lipinski definition) is 5. The molecule has 2 atom stereocenters. The van der Waals surface area contributed by atoms with Gasteiger partial charge in [-0.25, -0.2) is 4.21 Å². The topological polar surface area (TPSA) is 102 Å². The zero-order chi connectivity index (χ0) is 16.5. The zero-order valence-electron chi connectivity index (χ0n) is 13.3. The van der Waals surface area contributed by atoms with E-state index in [4.69, 9.17) is 14.5 Å². The van der Waals surface area contributed by atoms with E-state index in [2.05, 4.69) is 5.32 Å². The van der Waals surface area contributed by atoms with Crippen LogP contribution in [0.25, 0.3) is 0 Å². The third-order valence-electron chi connectivity index (χ3n) is 2.84. The molecule has 0 aliphatic rings. The second-order valence-electron chi connectivity index (χ2n) is 6.12. The molecular weight excluding hydrogens is 312 g/mol. The average molecular weight is 341 g/mol. The van der Waals surface area contributed by atoms with Crippen molar-refractivity contribution in [3.63, 3.8) is 0 Å². The van der Waals surface area contributed by atoms with Gasteiger partial charge in [-0.3, -0.25) is 4.79 Å². The molecule has 0 fully saturated rings. The SMILES string of the molecule is CC(C)C(N)C(=O)NCC(C)(C)COSCCCS(=O)O. The molecule has 0 aromatic rings. The minimum Gasteiger partial charge on any atom is -0.354 e. The maximum atomic E-state index is 11.8. The number of hydrogen-bond donors (Lipinski definition) is 3. The Kier molecular flexibility index (Phi) is 10.5. The van der Waals surface area contributed by atoms with Crippen LogP contribution in [0.5, 0.6) is 0 Å². The fraction of sp³-hybridized carbons (Fsp3) is 0.923. The van der Waals surface area contributed by atoms with E-state index >= 15 is 0 Å². The minimum absolute atomic E-state index is 0.108. The van der Waals surface area contributed by atoms with Crippen molar-refractivity contribution in [1.82, 2.24) is 5.32 Å². The fourth-order valence-corrected chi connectivity index (χ4v) is 2.66. The molecule has 0 aromatic carbocycles. The number of rotatable bonds is 11. The van der Waals surface area contributed by atoms with E-state index in [1.165, 1.54) is 12.0 Å². The van der Waals surface area contributed by atoms with Crippen molar-refractivity contribution in [2.24, 2.45) is 17.1 Å². The summed E-state index contributed by atoms with van der Waals surface area (Å²) in [7, 11) is 0. The van der Waals surface area contributed by atoms with Crippen molar-refractivity contribution >= 4 is 29.0 Å². The minimum atomic E-state index is -1.73. The van der Waals surface area contributed by atoms with Gasteiger partial charge in [-0.05, 0) is 24.4 Å². The second kappa shape index (κ2) is 10.6. The molecule has 0 radical (unpaired) electrons. The molecule has 0 aliphatic heterocycles. The van der Waals surface area contributed by atoms with Crippen LogP contribution in [0.1, 0.15) is 34.1 Å². The van der Waals surface area contributed by atoms with Crippen LogP contribution in [0.2, 0.25) is 0 Å². The summed E-state index contributed by atoms with van der Waals surface area (Å²) >= 11 is -0.449. The lowest BCUT2D eigenvalue weighted by Crippen LogP contribution is -2.47. The first-order chi connectivity index (χ1) is 9.65. The first-order valence-corrected chi connectivity index (χ1v) is 9.19. The van der Waals surface area contributed by atoms with Crippen molar-refractivity contribution in [1.29, 1.82) is 0 Å². The van der Waals surface area contributed by atoms with Gasteiger partial charge in [0.05, 0.1) is 18.4 Å². The van der Waals surface area contributed by atoms with E-state index < -0.39 is 17.1 Å². The van der Waals surface area contributed by atoms with Crippen molar-refractivity contribution in [2.45, 2.75) is 40.2 Å². The quantitative estimate of drug-likeness (QED) is 0.298. The molecule has 8 heteroatoms. The van der Waals surface area contributed by atoms with Crippen molar-refractivity contribution in [3.8, 4) is 0 Å². The maximum Gasteiger partial charge on any atom is 0.237 e. The third-order valence-corrected chi connectivity index (χ3v) is 4.22. The van der Waals surface area contributed by atoms with Crippen LogP contribution in [0.15, 0.2) is 0 Å². The lowest BCUT2D eigenvalue weighted by Gasteiger charge is -2.25. The number of amides is 1. The van der Waals surface area contributed by atoms with Crippen LogP contribution in [0.4, 0.5) is 0 Å². The normalized spacial score (nSPS) is 15.0. The molecule has 4 N–H and O–H groups in total. The second-order valence-corrected chi connectivity index (χ2v) is 8.05. The van der Waals surface area contributed by atoms with Crippen LogP contribution in [0.3, 0.4) is 0 Å². The lowest BCUT2D eigenvalue weighted by atomic mass is 9.94. The van der Waals surface area contributed by atoms with E-state index in [0.717, 1.165) is 0 Å². The Morgan fingerprint density at radius 3 is 2.62 bits per heavy atom. The fourth-order valence-electron chi connectivity index (χ4n) is 1.30. The van der Waals surface area contributed by atoms with Gasteiger partial charge in [0.15, 0.2) is 11.1 Å². The zero-order valence-corrected chi connectivity index (χ0v) is 14.9. The molecule has 0 aromatic heterocycles. The van der Waals surface area contributed by atoms with Gasteiger partial charge >= 0.3 is 0 Å². The number of carbonyl (C=O) groups is 1. The lowest BCUT2D eigenvalue weighted by molar-refractivity contribution is -0.123. The van der Waals surface area contributed by atoms with Gasteiger partial charge in [-0.2, -0.15) is 0 Å². The van der Waals surface area contributed by atoms with E-state index in [-0.39, 0.29) is 23.0 Å². The van der Waals surface area contributed by atoms with Gasteiger partial charge in [0.1, 0.15) is 0 Å². The molecule has 0 saturated carbocycles. The molecule has 0 heterocycles. The van der Waals surface area contributed by atoms with Crippen molar-refractivity contribution in [3.05, 3.63) is 0 Å². The van der Waals surface area contributed by atoms with Gasteiger partial charge in [-0.15, -0.1) is 0 Å². The Morgan fingerprint density at radius 1 is 1.48 bits per heavy atom. The van der Waals surface area contributed by atoms with E-state index in [1.807, 2.05) is 27.7 Å². The molecule has 2 unspecified atom stereocenters. The molecule has 0 saturated heterocycles. The average Bonchev–Trinajstić information content (AvgIpc) is 2.38. The van der Waals surface area contributed by atoms with Crippen LogP contribution < -0.4 is 11.1 Å². The highest BCUT2D eigenvalue weighted by atomic mass is 32.2. The molecule has 126 valence electrons. The molecule has 1 amide bonds. The van der Waals surface area contributed by atoms with Gasteiger partial charge in [0.2, 0.25) is 5.91 Å². The van der Waals surface area contributed by atoms with Crippen molar-refractivity contribution in [2.75, 3.05) is 24.7 Å². The standard InChI is InChI=1S/C13H28N2O4S2/c1-10(2)11(14)12(16)15-8-13(3,4)9-19-20-6-5-7-21(17)18/h10-11H,5-9,14H2,1-4H3,(H,15,16)(H,17,18). The van der Waals surface area contributed by atoms with Crippen LogP contribution >= 0.6 is 12.0 Å². The van der Waals surface area contributed by atoms with Gasteiger partial charge < -0.3 is 19.8 Å². The molecular formula is C13H28N2O4S2. The molecule has 6 nitrogen and oxygen atoms in total.